The van der Waals surface area contributed by atoms with Crippen molar-refractivity contribution in [3.8, 4) is 0 Å². The van der Waals surface area contributed by atoms with E-state index in [0.29, 0.717) is 32.1 Å². The zero-order valence-electron chi connectivity index (χ0n) is 13.2. The summed E-state index contributed by atoms with van der Waals surface area (Å²) in [6.45, 7) is 4.68. The lowest BCUT2D eigenvalue weighted by atomic mass is 9.96. The van der Waals surface area contributed by atoms with Crippen LogP contribution >= 0.6 is 0 Å². The molecule has 0 saturated carbocycles. The van der Waals surface area contributed by atoms with Crippen molar-refractivity contribution < 1.29 is 13.5 Å². The number of nitrogens with zero attached hydrogens (tertiary/aromatic N) is 2. The van der Waals surface area contributed by atoms with Crippen molar-refractivity contribution in [2.45, 2.75) is 51.9 Å². The maximum atomic E-state index is 12.8. The van der Waals surface area contributed by atoms with Gasteiger partial charge in [0, 0.05) is 32.8 Å². The molecule has 0 aliphatic carbocycles. The lowest BCUT2D eigenvalue weighted by molar-refractivity contribution is 0.160. The van der Waals surface area contributed by atoms with Gasteiger partial charge in [0.2, 0.25) is 0 Å². The van der Waals surface area contributed by atoms with Crippen LogP contribution in [0.15, 0.2) is 0 Å². The molecule has 0 amide bonds. The van der Waals surface area contributed by atoms with Gasteiger partial charge in [0.15, 0.2) is 0 Å². The minimum atomic E-state index is -3.33. The monoisotopic (exact) mass is 318 g/mol. The van der Waals surface area contributed by atoms with Gasteiger partial charge >= 0.3 is 0 Å². The Hall–Kier alpha value is -0.170. The van der Waals surface area contributed by atoms with E-state index in [-0.39, 0.29) is 12.5 Å². The van der Waals surface area contributed by atoms with Gasteiger partial charge in [-0.25, -0.2) is 0 Å². The van der Waals surface area contributed by atoms with E-state index in [9.17, 15) is 13.5 Å². The van der Waals surface area contributed by atoms with Crippen molar-refractivity contribution in [1.29, 1.82) is 0 Å². The Balaban J connectivity index is 1.98. The Labute approximate surface area is 129 Å². The first kappa shape index (κ1) is 17.2. The van der Waals surface area contributed by atoms with Crippen LogP contribution in [-0.2, 0) is 10.2 Å². The molecular weight excluding hydrogens is 288 g/mol. The molecule has 2 rings (SSSR count). The van der Waals surface area contributed by atoms with Crippen molar-refractivity contribution in [3.63, 3.8) is 0 Å². The van der Waals surface area contributed by atoms with Crippen molar-refractivity contribution in [3.05, 3.63) is 0 Å². The molecule has 2 saturated heterocycles. The minimum absolute atomic E-state index is 0.0879. The van der Waals surface area contributed by atoms with Crippen LogP contribution in [0.4, 0.5) is 0 Å². The number of piperidine rings is 1. The van der Waals surface area contributed by atoms with Crippen LogP contribution in [0, 0.1) is 11.8 Å². The third-order valence-electron chi connectivity index (χ3n) is 4.90. The Morgan fingerprint density at radius 1 is 1.00 bits per heavy atom. The molecule has 2 aliphatic rings. The quantitative estimate of drug-likeness (QED) is 0.841. The minimum Gasteiger partial charge on any atom is -0.396 e. The summed E-state index contributed by atoms with van der Waals surface area (Å²) in [4.78, 5) is 0. The van der Waals surface area contributed by atoms with Gasteiger partial charge in [-0.1, -0.05) is 19.8 Å². The Bertz CT molecular complexity index is 413. The van der Waals surface area contributed by atoms with Crippen molar-refractivity contribution in [1.82, 2.24) is 8.61 Å². The standard InChI is InChI=1S/C15H30N2O3S/c1-2-5-14-6-3-9-16(11-8-14)21(19,20)17-10-4-7-15(12-17)13-18/h14-15,18H,2-13H2,1H3. The molecule has 124 valence electrons. The van der Waals surface area contributed by atoms with Gasteiger partial charge in [0.05, 0.1) is 0 Å². The van der Waals surface area contributed by atoms with E-state index >= 15 is 0 Å². The fourth-order valence-corrected chi connectivity index (χ4v) is 5.40. The second kappa shape index (κ2) is 7.90. The van der Waals surface area contributed by atoms with Gasteiger partial charge in [-0.15, -0.1) is 0 Å². The largest absolute Gasteiger partial charge is 0.396 e. The van der Waals surface area contributed by atoms with Crippen molar-refractivity contribution in [2.75, 3.05) is 32.8 Å². The van der Waals surface area contributed by atoms with Crippen molar-refractivity contribution >= 4 is 10.2 Å². The zero-order valence-corrected chi connectivity index (χ0v) is 14.0. The second-order valence-corrected chi connectivity index (χ2v) is 8.47. The van der Waals surface area contributed by atoms with Crippen LogP contribution in [0.25, 0.3) is 0 Å². The molecule has 5 nitrogen and oxygen atoms in total. The highest BCUT2D eigenvalue weighted by Gasteiger charge is 2.34. The van der Waals surface area contributed by atoms with E-state index in [1.807, 2.05) is 0 Å². The summed E-state index contributed by atoms with van der Waals surface area (Å²) in [5.41, 5.74) is 0. The average Bonchev–Trinajstić information content (AvgIpc) is 2.74. The predicted octanol–water partition coefficient (Wildman–Crippen LogP) is 1.84. The van der Waals surface area contributed by atoms with Crippen LogP contribution in [0.2, 0.25) is 0 Å². The molecule has 21 heavy (non-hydrogen) atoms. The molecule has 1 N–H and O–H groups in total. The fraction of sp³-hybridized carbons (Fsp3) is 1.00. The summed E-state index contributed by atoms with van der Waals surface area (Å²) in [5, 5.41) is 9.29. The molecular formula is C15H30N2O3S. The SMILES string of the molecule is CCCC1CCCN(S(=O)(=O)N2CCCC(CO)C2)CC1. The summed E-state index contributed by atoms with van der Waals surface area (Å²) < 4.78 is 28.9. The first-order chi connectivity index (χ1) is 10.1. The van der Waals surface area contributed by atoms with Gasteiger partial charge in [-0.3, -0.25) is 0 Å². The maximum Gasteiger partial charge on any atom is 0.281 e. The van der Waals surface area contributed by atoms with Gasteiger partial charge in [0.25, 0.3) is 10.2 Å². The number of hydrogen-bond acceptors (Lipinski definition) is 3. The van der Waals surface area contributed by atoms with Crippen molar-refractivity contribution in [2.24, 2.45) is 11.8 Å². The van der Waals surface area contributed by atoms with E-state index in [0.717, 1.165) is 32.1 Å². The number of hydrogen-bond donors (Lipinski definition) is 1. The molecule has 0 radical (unpaired) electrons. The lowest BCUT2D eigenvalue weighted by Crippen LogP contribution is -2.48. The molecule has 0 bridgehead atoms. The van der Waals surface area contributed by atoms with E-state index in [4.69, 9.17) is 0 Å². The topological polar surface area (TPSA) is 60.9 Å². The number of aliphatic hydroxyl groups excluding tert-OH is 1. The van der Waals surface area contributed by atoms with E-state index < -0.39 is 10.2 Å². The molecule has 2 atom stereocenters. The summed E-state index contributed by atoms with van der Waals surface area (Å²) >= 11 is 0. The summed E-state index contributed by atoms with van der Waals surface area (Å²) in [7, 11) is -3.33. The molecule has 0 aromatic carbocycles. The molecule has 0 aromatic heterocycles. The van der Waals surface area contributed by atoms with Crippen LogP contribution in [-0.4, -0.2) is 54.9 Å². The molecule has 0 aromatic rings. The first-order valence-corrected chi connectivity index (χ1v) is 9.83. The molecule has 6 heteroatoms. The molecule has 2 aliphatic heterocycles. The predicted molar refractivity (Wildman–Crippen MR) is 84.1 cm³/mol. The second-order valence-electron chi connectivity index (χ2n) is 6.54. The third kappa shape index (κ3) is 4.41. The highest BCUT2D eigenvalue weighted by Crippen LogP contribution is 2.26. The number of rotatable bonds is 5. The van der Waals surface area contributed by atoms with Gasteiger partial charge in [0.1, 0.15) is 0 Å². The third-order valence-corrected chi connectivity index (χ3v) is 6.90. The van der Waals surface area contributed by atoms with Gasteiger partial charge < -0.3 is 5.11 Å². The summed E-state index contributed by atoms with van der Waals surface area (Å²) in [6.07, 6.45) is 7.30. The fourth-order valence-electron chi connectivity index (χ4n) is 3.62. The van der Waals surface area contributed by atoms with E-state index in [2.05, 4.69) is 6.92 Å². The summed E-state index contributed by atoms with van der Waals surface area (Å²) in [6, 6.07) is 0. The van der Waals surface area contributed by atoms with Gasteiger partial charge in [-0.2, -0.15) is 17.0 Å². The smallest absolute Gasteiger partial charge is 0.281 e. The highest BCUT2D eigenvalue weighted by molar-refractivity contribution is 7.86. The normalized spacial score (nSPS) is 30.2. The summed E-state index contributed by atoms with van der Waals surface area (Å²) in [5.74, 6) is 0.787. The molecule has 2 unspecified atom stereocenters. The maximum absolute atomic E-state index is 12.8. The average molecular weight is 318 g/mol. The first-order valence-electron chi connectivity index (χ1n) is 8.44. The van der Waals surface area contributed by atoms with E-state index in [1.54, 1.807) is 8.61 Å². The molecule has 2 heterocycles. The highest BCUT2D eigenvalue weighted by atomic mass is 32.2. The zero-order chi connectivity index (χ0) is 15.3. The van der Waals surface area contributed by atoms with Crippen LogP contribution in [0.3, 0.4) is 0 Å². The van der Waals surface area contributed by atoms with Crippen LogP contribution in [0.5, 0.6) is 0 Å². The van der Waals surface area contributed by atoms with E-state index in [1.165, 1.54) is 12.8 Å². The van der Waals surface area contributed by atoms with Crippen LogP contribution in [0.1, 0.15) is 51.9 Å². The van der Waals surface area contributed by atoms with Crippen LogP contribution < -0.4 is 0 Å². The Morgan fingerprint density at radius 2 is 1.67 bits per heavy atom. The Morgan fingerprint density at radius 3 is 2.33 bits per heavy atom. The molecule has 0 spiro atoms. The molecule has 2 fully saturated rings. The Kier molecular flexibility index (Phi) is 6.47. The number of aliphatic hydroxyl groups is 1. The lowest BCUT2D eigenvalue weighted by Gasteiger charge is -2.34. The van der Waals surface area contributed by atoms with Gasteiger partial charge in [-0.05, 0) is 43.9 Å².